The Kier molecular flexibility index (Phi) is 3.71. The Balaban J connectivity index is 2.04. The van der Waals surface area contributed by atoms with Crippen molar-refractivity contribution in [2.24, 2.45) is 0 Å². The lowest BCUT2D eigenvalue weighted by Crippen LogP contribution is -2.31. The Morgan fingerprint density at radius 1 is 0.720 bits per heavy atom. The molecule has 1 heterocycles. The molecule has 4 aromatic rings. The van der Waals surface area contributed by atoms with E-state index < -0.39 is 5.60 Å². The monoisotopic (exact) mass is 327 g/mol. The predicted octanol–water partition coefficient (Wildman–Crippen LogP) is 3.81. The summed E-state index contributed by atoms with van der Waals surface area (Å²) in [5, 5.41) is 12.3. The third-order valence-electron chi connectivity index (χ3n) is 4.51. The minimum Gasteiger partial charge on any atom is -0.375 e. The summed E-state index contributed by atoms with van der Waals surface area (Å²) < 4.78 is 0. The summed E-state index contributed by atoms with van der Waals surface area (Å²) in [6.07, 6.45) is 0. The van der Waals surface area contributed by atoms with Gasteiger partial charge in [0.25, 0.3) is 0 Å². The van der Waals surface area contributed by atoms with Crippen molar-refractivity contribution >= 4 is 10.9 Å². The summed E-state index contributed by atoms with van der Waals surface area (Å²) in [7, 11) is 0. The number of H-pyrrole nitrogens is 1. The van der Waals surface area contributed by atoms with Crippen LogP contribution in [0.3, 0.4) is 0 Å². The molecule has 0 radical (unpaired) electrons. The number of nitrogens with one attached hydrogen (secondary N) is 1. The van der Waals surface area contributed by atoms with Gasteiger partial charge in [0.1, 0.15) is 0 Å². The van der Waals surface area contributed by atoms with Crippen molar-refractivity contribution in [3.63, 3.8) is 0 Å². The van der Waals surface area contributed by atoms with Crippen molar-refractivity contribution in [2.75, 3.05) is 0 Å². The molecule has 1 aromatic heterocycles. The third kappa shape index (κ3) is 2.55. The molecule has 0 fully saturated rings. The van der Waals surface area contributed by atoms with Crippen LogP contribution in [0.4, 0.5) is 0 Å². The van der Waals surface area contributed by atoms with Gasteiger partial charge in [0.2, 0.25) is 0 Å². The van der Waals surface area contributed by atoms with E-state index >= 15 is 0 Å². The quantitative estimate of drug-likeness (QED) is 0.601. The van der Waals surface area contributed by atoms with Crippen LogP contribution in [0, 0.1) is 0 Å². The Labute approximate surface area is 145 Å². The van der Waals surface area contributed by atoms with E-state index in [1.807, 2.05) is 78.9 Å². The predicted molar refractivity (Wildman–Crippen MR) is 99.6 cm³/mol. The molecule has 3 heteroatoms. The van der Waals surface area contributed by atoms with Crippen molar-refractivity contribution in [2.45, 2.75) is 5.60 Å². The fraction of sp³-hybridized carbons (Fsp3) is 0.0455. The largest absolute Gasteiger partial charge is 0.375 e. The van der Waals surface area contributed by atoms with Gasteiger partial charge < -0.3 is 10.1 Å². The van der Waals surface area contributed by atoms with Gasteiger partial charge in [-0.25, -0.2) is 0 Å². The second-order valence-corrected chi connectivity index (χ2v) is 6.04. The minimum atomic E-state index is -1.44. The highest BCUT2D eigenvalue weighted by molar-refractivity contribution is 5.78. The second-order valence-electron chi connectivity index (χ2n) is 6.04. The second kappa shape index (κ2) is 6.04. The first-order valence-corrected chi connectivity index (χ1v) is 8.15. The van der Waals surface area contributed by atoms with Gasteiger partial charge >= 0.3 is 0 Å². The zero-order valence-electron chi connectivity index (χ0n) is 13.5. The number of benzene rings is 3. The number of para-hydroxylation sites is 1. The van der Waals surface area contributed by atoms with E-state index in [2.05, 4.69) is 4.98 Å². The smallest absolute Gasteiger partial charge is 0.189 e. The van der Waals surface area contributed by atoms with Crippen molar-refractivity contribution in [1.29, 1.82) is 0 Å². The van der Waals surface area contributed by atoms with Crippen LogP contribution in [0.15, 0.2) is 95.8 Å². The average molecular weight is 327 g/mol. The first-order valence-electron chi connectivity index (χ1n) is 8.15. The lowest BCUT2D eigenvalue weighted by Gasteiger charge is -2.29. The van der Waals surface area contributed by atoms with E-state index in [-0.39, 0.29) is 5.43 Å². The van der Waals surface area contributed by atoms with Crippen LogP contribution in [-0.2, 0) is 5.60 Å². The third-order valence-corrected chi connectivity index (χ3v) is 4.51. The van der Waals surface area contributed by atoms with Gasteiger partial charge in [-0.1, -0.05) is 72.8 Å². The molecule has 0 spiro atoms. The van der Waals surface area contributed by atoms with Crippen LogP contribution in [0.5, 0.6) is 0 Å². The van der Waals surface area contributed by atoms with Gasteiger partial charge in [0.15, 0.2) is 11.0 Å². The van der Waals surface area contributed by atoms with Gasteiger partial charge in [-0.2, -0.15) is 0 Å². The fourth-order valence-electron chi connectivity index (χ4n) is 3.23. The first-order chi connectivity index (χ1) is 12.2. The van der Waals surface area contributed by atoms with Crippen LogP contribution in [-0.4, -0.2) is 10.1 Å². The number of rotatable bonds is 3. The molecule has 0 unspecified atom stereocenters. The van der Waals surface area contributed by atoms with Crippen LogP contribution < -0.4 is 5.43 Å². The van der Waals surface area contributed by atoms with Crippen LogP contribution in [0.2, 0.25) is 0 Å². The molecule has 0 saturated heterocycles. The van der Waals surface area contributed by atoms with Crippen molar-refractivity contribution in [1.82, 2.24) is 4.98 Å². The molecule has 0 aliphatic carbocycles. The molecule has 0 bridgehead atoms. The number of hydrogen-bond acceptors (Lipinski definition) is 2. The molecule has 0 atom stereocenters. The molecule has 3 aromatic carbocycles. The van der Waals surface area contributed by atoms with E-state index in [1.54, 1.807) is 6.07 Å². The summed E-state index contributed by atoms with van der Waals surface area (Å²) in [5.74, 6) is 0. The van der Waals surface area contributed by atoms with Crippen LogP contribution in [0.25, 0.3) is 10.9 Å². The van der Waals surface area contributed by atoms with Crippen LogP contribution in [0.1, 0.15) is 16.8 Å². The highest BCUT2D eigenvalue weighted by Crippen LogP contribution is 2.35. The van der Waals surface area contributed by atoms with E-state index in [4.69, 9.17) is 0 Å². The number of pyridine rings is 1. The Morgan fingerprint density at radius 2 is 1.24 bits per heavy atom. The highest BCUT2D eigenvalue weighted by atomic mass is 16.3. The van der Waals surface area contributed by atoms with Crippen molar-refractivity contribution in [3.8, 4) is 0 Å². The van der Waals surface area contributed by atoms with E-state index in [0.717, 1.165) is 0 Å². The Hall–Kier alpha value is -3.17. The normalized spacial score (nSPS) is 11.6. The lowest BCUT2D eigenvalue weighted by molar-refractivity contribution is 0.121. The number of aliphatic hydroxyl groups is 1. The standard InChI is InChI=1S/C22H17NO2/c24-20-15-21(23-19-14-8-7-13-18(19)20)22(25,16-9-3-1-4-10-16)17-11-5-2-6-12-17/h1-15,25H,(H,23,24). The molecule has 0 amide bonds. The van der Waals surface area contributed by atoms with Gasteiger partial charge in [0.05, 0.1) is 5.69 Å². The van der Waals surface area contributed by atoms with Gasteiger partial charge in [0, 0.05) is 17.0 Å². The Morgan fingerprint density at radius 3 is 1.84 bits per heavy atom. The zero-order valence-corrected chi connectivity index (χ0v) is 13.5. The van der Waals surface area contributed by atoms with Gasteiger partial charge in [-0.3, -0.25) is 4.79 Å². The van der Waals surface area contributed by atoms with E-state index in [0.29, 0.717) is 27.7 Å². The summed E-state index contributed by atoms with van der Waals surface area (Å²) in [5.41, 5.74) is 1.00. The molecule has 0 aliphatic heterocycles. The maximum Gasteiger partial charge on any atom is 0.189 e. The maximum absolute atomic E-state index is 12.6. The minimum absolute atomic E-state index is 0.116. The summed E-state index contributed by atoms with van der Waals surface area (Å²) >= 11 is 0. The average Bonchev–Trinajstić information content (AvgIpc) is 2.68. The first kappa shape index (κ1) is 15.4. The van der Waals surface area contributed by atoms with Crippen molar-refractivity contribution in [3.05, 3.63) is 118 Å². The van der Waals surface area contributed by atoms with Gasteiger partial charge in [-0.15, -0.1) is 0 Å². The van der Waals surface area contributed by atoms with Gasteiger partial charge in [-0.05, 0) is 23.3 Å². The lowest BCUT2D eigenvalue weighted by atomic mass is 9.83. The fourth-order valence-corrected chi connectivity index (χ4v) is 3.23. The number of aromatic nitrogens is 1. The summed E-state index contributed by atoms with van der Waals surface area (Å²) in [4.78, 5) is 15.8. The topological polar surface area (TPSA) is 53.1 Å². The molecule has 0 saturated carbocycles. The summed E-state index contributed by atoms with van der Waals surface area (Å²) in [6.45, 7) is 0. The number of aromatic amines is 1. The molecule has 3 nitrogen and oxygen atoms in total. The van der Waals surface area contributed by atoms with E-state index in [9.17, 15) is 9.90 Å². The molecular formula is C22H17NO2. The van der Waals surface area contributed by atoms with Crippen molar-refractivity contribution < 1.29 is 5.11 Å². The van der Waals surface area contributed by atoms with Crippen LogP contribution >= 0.6 is 0 Å². The molecule has 122 valence electrons. The molecule has 4 rings (SSSR count). The van der Waals surface area contributed by atoms with E-state index in [1.165, 1.54) is 6.07 Å². The Bertz CT molecular complexity index is 1030. The SMILES string of the molecule is O=c1cc(C(O)(c2ccccc2)c2ccccc2)[nH]c2ccccc12. The number of fused-ring (bicyclic) bond motifs is 1. The highest BCUT2D eigenvalue weighted by Gasteiger charge is 2.35. The summed E-state index contributed by atoms with van der Waals surface area (Å²) in [6, 6.07) is 27.6. The molecular weight excluding hydrogens is 310 g/mol. The number of hydrogen-bond donors (Lipinski definition) is 2. The molecule has 2 N–H and O–H groups in total. The molecule has 25 heavy (non-hydrogen) atoms. The molecule has 0 aliphatic rings. The maximum atomic E-state index is 12.6. The zero-order chi connectivity index (χ0) is 17.3.